The molecule has 6 heteroatoms. The SMILES string of the molecule is CCCC/C=C\CCCCCCC(=O)OCC(COC(=O)CCCCC/C=C\C=C/CCCCCCCCC)OC(=O)CCCCCCCCC/C=C\CCCCCC. The molecular weight excluding hydrogens is 733 g/mol. The van der Waals surface area contributed by atoms with Crippen LogP contribution in [0, 0.1) is 0 Å². The van der Waals surface area contributed by atoms with E-state index in [0.29, 0.717) is 19.3 Å². The highest BCUT2D eigenvalue weighted by molar-refractivity contribution is 5.71. The molecule has 0 aliphatic carbocycles. The Morgan fingerprint density at radius 3 is 1.03 bits per heavy atom. The fraction of sp³-hybridized carbons (Fsp3) is 0.792. The summed E-state index contributed by atoms with van der Waals surface area (Å²) in [5, 5.41) is 0. The lowest BCUT2D eigenvalue weighted by atomic mass is 10.1. The Labute approximate surface area is 365 Å². The van der Waals surface area contributed by atoms with Crippen LogP contribution in [0.4, 0.5) is 0 Å². The zero-order valence-corrected chi connectivity index (χ0v) is 39.0. The predicted molar refractivity (Wildman–Crippen MR) is 252 cm³/mol. The number of unbranched alkanes of at least 4 members (excludes halogenated alkanes) is 27. The Balaban J connectivity index is 4.40. The summed E-state index contributed by atoms with van der Waals surface area (Å²) >= 11 is 0. The summed E-state index contributed by atoms with van der Waals surface area (Å²) in [5.41, 5.74) is 0. The fourth-order valence-electron chi connectivity index (χ4n) is 6.94. The third kappa shape index (κ3) is 46.3. The lowest BCUT2D eigenvalue weighted by molar-refractivity contribution is -0.167. The summed E-state index contributed by atoms with van der Waals surface area (Å²) in [7, 11) is 0. The normalized spacial score (nSPS) is 12.4. The third-order valence-electron chi connectivity index (χ3n) is 10.8. The van der Waals surface area contributed by atoms with Gasteiger partial charge in [0.1, 0.15) is 13.2 Å². The Kier molecular flexibility index (Phi) is 45.9. The Morgan fingerprint density at radius 2 is 0.627 bits per heavy atom. The van der Waals surface area contributed by atoms with Crippen molar-refractivity contribution in [2.24, 2.45) is 0 Å². The maximum absolute atomic E-state index is 12.8. The van der Waals surface area contributed by atoms with E-state index >= 15 is 0 Å². The van der Waals surface area contributed by atoms with Crippen molar-refractivity contribution in [3.8, 4) is 0 Å². The number of allylic oxidation sites excluding steroid dienone is 8. The van der Waals surface area contributed by atoms with Crippen LogP contribution in [0.5, 0.6) is 0 Å². The summed E-state index contributed by atoms with van der Waals surface area (Å²) in [5.74, 6) is -0.930. The minimum absolute atomic E-state index is 0.0890. The minimum atomic E-state index is -0.788. The molecule has 0 aromatic heterocycles. The van der Waals surface area contributed by atoms with E-state index in [0.717, 1.165) is 89.9 Å². The largest absolute Gasteiger partial charge is 0.462 e. The molecule has 0 bridgehead atoms. The first-order chi connectivity index (χ1) is 29.0. The molecule has 0 amide bonds. The Morgan fingerprint density at radius 1 is 0.339 bits per heavy atom. The zero-order valence-electron chi connectivity index (χ0n) is 39.0. The van der Waals surface area contributed by atoms with E-state index < -0.39 is 6.10 Å². The fourth-order valence-corrected chi connectivity index (χ4v) is 6.94. The molecule has 0 fully saturated rings. The summed E-state index contributed by atoms with van der Waals surface area (Å²) in [6.07, 6.45) is 56.7. The molecule has 0 rings (SSSR count). The molecule has 0 aromatic carbocycles. The van der Waals surface area contributed by atoms with Crippen molar-refractivity contribution < 1.29 is 28.6 Å². The van der Waals surface area contributed by atoms with Crippen LogP contribution < -0.4 is 0 Å². The molecular formula is C53H94O6. The number of rotatable bonds is 45. The van der Waals surface area contributed by atoms with Crippen molar-refractivity contribution >= 4 is 17.9 Å². The van der Waals surface area contributed by atoms with E-state index in [1.54, 1.807) is 0 Å². The first-order valence-electron chi connectivity index (χ1n) is 25.2. The lowest BCUT2D eigenvalue weighted by Gasteiger charge is -2.18. The third-order valence-corrected chi connectivity index (χ3v) is 10.8. The second-order valence-corrected chi connectivity index (χ2v) is 16.7. The van der Waals surface area contributed by atoms with Crippen LogP contribution in [0.2, 0.25) is 0 Å². The highest BCUT2D eigenvalue weighted by atomic mass is 16.6. The Bertz CT molecular complexity index is 1040. The van der Waals surface area contributed by atoms with Crippen LogP contribution in [-0.2, 0) is 28.6 Å². The molecule has 59 heavy (non-hydrogen) atoms. The van der Waals surface area contributed by atoms with Gasteiger partial charge >= 0.3 is 17.9 Å². The molecule has 0 saturated carbocycles. The molecule has 0 radical (unpaired) electrons. The van der Waals surface area contributed by atoms with Gasteiger partial charge < -0.3 is 14.2 Å². The lowest BCUT2D eigenvalue weighted by Crippen LogP contribution is -2.30. The quantitative estimate of drug-likeness (QED) is 0.0200. The summed E-state index contributed by atoms with van der Waals surface area (Å²) in [6.45, 7) is 6.54. The summed E-state index contributed by atoms with van der Waals surface area (Å²) in [4.78, 5) is 37.8. The van der Waals surface area contributed by atoms with E-state index in [9.17, 15) is 14.4 Å². The monoisotopic (exact) mass is 827 g/mol. The van der Waals surface area contributed by atoms with Crippen LogP contribution in [0.25, 0.3) is 0 Å². The zero-order chi connectivity index (χ0) is 43.0. The van der Waals surface area contributed by atoms with Gasteiger partial charge in [0.05, 0.1) is 0 Å². The van der Waals surface area contributed by atoms with E-state index in [2.05, 4.69) is 69.4 Å². The average molecular weight is 827 g/mol. The van der Waals surface area contributed by atoms with Gasteiger partial charge in [-0.3, -0.25) is 14.4 Å². The number of hydrogen-bond acceptors (Lipinski definition) is 6. The van der Waals surface area contributed by atoms with Crippen molar-refractivity contribution in [1.29, 1.82) is 0 Å². The van der Waals surface area contributed by atoms with Gasteiger partial charge in [-0.2, -0.15) is 0 Å². The van der Waals surface area contributed by atoms with Gasteiger partial charge in [0.25, 0.3) is 0 Å². The molecule has 0 N–H and O–H groups in total. The molecule has 0 aliphatic heterocycles. The Hall–Kier alpha value is -2.63. The van der Waals surface area contributed by atoms with Gasteiger partial charge in [-0.25, -0.2) is 0 Å². The van der Waals surface area contributed by atoms with Crippen LogP contribution >= 0.6 is 0 Å². The predicted octanol–water partition coefficient (Wildman–Crippen LogP) is 16.3. The number of ether oxygens (including phenoxy) is 3. The first kappa shape index (κ1) is 56.4. The van der Waals surface area contributed by atoms with Crippen LogP contribution in [-0.4, -0.2) is 37.2 Å². The molecule has 1 unspecified atom stereocenters. The number of esters is 3. The minimum Gasteiger partial charge on any atom is -0.462 e. The molecule has 6 nitrogen and oxygen atoms in total. The van der Waals surface area contributed by atoms with Crippen LogP contribution in [0.3, 0.4) is 0 Å². The van der Waals surface area contributed by atoms with E-state index in [1.165, 1.54) is 122 Å². The van der Waals surface area contributed by atoms with E-state index in [4.69, 9.17) is 14.2 Å². The van der Waals surface area contributed by atoms with Gasteiger partial charge in [-0.1, -0.05) is 191 Å². The van der Waals surface area contributed by atoms with E-state index in [1.807, 2.05) is 0 Å². The molecule has 0 heterocycles. The van der Waals surface area contributed by atoms with Gasteiger partial charge in [0.2, 0.25) is 0 Å². The van der Waals surface area contributed by atoms with Crippen molar-refractivity contribution in [3.63, 3.8) is 0 Å². The molecule has 0 aliphatic rings. The second-order valence-electron chi connectivity index (χ2n) is 16.7. The van der Waals surface area contributed by atoms with Gasteiger partial charge in [-0.15, -0.1) is 0 Å². The maximum Gasteiger partial charge on any atom is 0.306 e. The molecule has 0 spiro atoms. The van der Waals surface area contributed by atoms with Crippen LogP contribution in [0.1, 0.15) is 252 Å². The smallest absolute Gasteiger partial charge is 0.306 e. The van der Waals surface area contributed by atoms with Gasteiger partial charge in [0.15, 0.2) is 6.10 Å². The van der Waals surface area contributed by atoms with Crippen molar-refractivity contribution in [2.75, 3.05) is 13.2 Å². The number of hydrogen-bond donors (Lipinski definition) is 0. The summed E-state index contributed by atoms with van der Waals surface area (Å²) < 4.78 is 16.7. The number of carbonyl (C=O) groups is 3. The van der Waals surface area contributed by atoms with Gasteiger partial charge in [0, 0.05) is 19.3 Å². The molecule has 1 atom stereocenters. The molecule has 0 aromatic rings. The highest BCUT2D eigenvalue weighted by Crippen LogP contribution is 2.14. The van der Waals surface area contributed by atoms with Crippen molar-refractivity contribution in [3.05, 3.63) is 48.6 Å². The topological polar surface area (TPSA) is 78.9 Å². The standard InChI is InChI=1S/C53H94O6/c1-4-7-10-13-16-19-22-24-26-28-29-31-34-37-40-43-46-52(55)58-49-50(48-57-51(54)45-42-39-36-33-21-18-15-12-9-6-3)59-53(56)47-44-41-38-35-32-30-27-25-23-20-17-14-11-8-5-2/h15,18,20,23,26,28-29,31,50H,4-14,16-17,19,21-22,24-25,27,30,32-49H2,1-3H3/b18-15-,23-20-,28-26-,31-29-. The first-order valence-corrected chi connectivity index (χ1v) is 25.2. The molecule has 342 valence electrons. The van der Waals surface area contributed by atoms with Gasteiger partial charge in [-0.05, 0) is 89.9 Å². The second kappa shape index (κ2) is 48.0. The van der Waals surface area contributed by atoms with Crippen molar-refractivity contribution in [2.45, 2.75) is 258 Å². The average Bonchev–Trinajstić information content (AvgIpc) is 3.23. The number of carbonyl (C=O) groups excluding carboxylic acids is 3. The summed E-state index contributed by atoms with van der Waals surface area (Å²) in [6, 6.07) is 0. The maximum atomic E-state index is 12.8. The highest BCUT2D eigenvalue weighted by Gasteiger charge is 2.19. The van der Waals surface area contributed by atoms with Crippen molar-refractivity contribution in [1.82, 2.24) is 0 Å². The van der Waals surface area contributed by atoms with Crippen LogP contribution in [0.15, 0.2) is 48.6 Å². The van der Waals surface area contributed by atoms with E-state index in [-0.39, 0.29) is 31.1 Å². The molecule has 0 saturated heterocycles.